The number of hydrogen-bond acceptors (Lipinski definition) is 1. The Morgan fingerprint density at radius 1 is 1.33 bits per heavy atom. The zero-order valence-corrected chi connectivity index (χ0v) is 8.07. The van der Waals surface area contributed by atoms with Crippen LogP contribution in [0.2, 0.25) is 0 Å². The highest BCUT2D eigenvalue weighted by atomic mass is 35.5. The van der Waals surface area contributed by atoms with Gasteiger partial charge in [0.2, 0.25) is 5.91 Å². The number of nitrogens with one attached hydrogen (secondary N) is 1. The van der Waals surface area contributed by atoms with E-state index in [4.69, 9.17) is 11.6 Å². The molecule has 0 unspecified atom stereocenters. The van der Waals surface area contributed by atoms with Crippen molar-refractivity contribution in [2.24, 2.45) is 5.92 Å². The third kappa shape index (κ3) is 3.02. The van der Waals surface area contributed by atoms with Gasteiger partial charge in [0.1, 0.15) is 0 Å². The number of rotatable bonds is 3. The molecule has 1 amide bonds. The second kappa shape index (κ2) is 5.41. The first-order valence-corrected chi connectivity index (χ1v) is 5.21. The van der Waals surface area contributed by atoms with Crippen LogP contribution in [0.25, 0.3) is 0 Å². The van der Waals surface area contributed by atoms with Gasteiger partial charge in [0, 0.05) is 18.3 Å². The van der Waals surface area contributed by atoms with Crippen LogP contribution in [0.15, 0.2) is 0 Å². The maximum atomic E-state index is 11.4. The quantitative estimate of drug-likeness (QED) is 0.676. The molecule has 0 aromatic carbocycles. The van der Waals surface area contributed by atoms with Crippen LogP contribution in [-0.2, 0) is 4.79 Å². The van der Waals surface area contributed by atoms with Gasteiger partial charge in [0.25, 0.3) is 0 Å². The maximum Gasteiger partial charge on any atom is 0.223 e. The summed E-state index contributed by atoms with van der Waals surface area (Å²) in [6.07, 6.45) is 5.83. The Morgan fingerprint density at radius 3 is 2.58 bits per heavy atom. The average molecular weight is 190 g/mol. The van der Waals surface area contributed by atoms with Crippen molar-refractivity contribution in [2.45, 2.75) is 32.1 Å². The number of alkyl halides is 1. The van der Waals surface area contributed by atoms with Crippen LogP contribution in [0.1, 0.15) is 32.1 Å². The largest absolute Gasteiger partial charge is 0.355 e. The van der Waals surface area contributed by atoms with Crippen molar-refractivity contribution < 1.29 is 4.79 Å². The van der Waals surface area contributed by atoms with Crippen LogP contribution in [0.3, 0.4) is 0 Å². The molecule has 2 nitrogen and oxygen atoms in total. The monoisotopic (exact) mass is 189 g/mol. The molecular formula is C9H16ClNO. The molecule has 1 aliphatic rings. The number of halogens is 1. The van der Waals surface area contributed by atoms with Crippen LogP contribution in [0, 0.1) is 5.92 Å². The minimum absolute atomic E-state index is 0.204. The van der Waals surface area contributed by atoms with E-state index in [1.54, 1.807) is 0 Å². The summed E-state index contributed by atoms with van der Waals surface area (Å²) in [6.45, 7) is 0.608. The van der Waals surface area contributed by atoms with E-state index in [2.05, 4.69) is 5.32 Å². The molecule has 3 heteroatoms. The van der Waals surface area contributed by atoms with E-state index in [1.165, 1.54) is 19.3 Å². The predicted molar refractivity (Wildman–Crippen MR) is 50.3 cm³/mol. The summed E-state index contributed by atoms with van der Waals surface area (Å²) in [6, 6.07) is 0. The van der Waals surface area contributed by atoms with E-state index in [0.717, 1.165) is 12.8 Å². The molecule has 0 aliphatic heterocycles. The lowest BCUT2D eigenvalue weighted by atomic mass is 9.89. The summed E-state index contributed by atoms with van der Waals surface area (Å²) in [5, 5.41) is 2.83. The number of hydrogen-bond donors (Lipinski definition) is 1. The summed E-state index contributed by atoms with van der Waals surface area (Å²) in [5.74, 6) is 0.982. The van der Waals surface area contributed by atoms with Gasteiger partial charge in [0.15, 0.2) is 0 Å². The van der Waals surface area contributed by atoms with E-state index in [0.29, 0.717) is 12.4 Å². The first-order valence-electron chi connectivity index (χ1n) is 4.68. The summed E-state index contributed by atoms with van der Waals surface area (Å²) in [4.78, 5) is 11.4. The molecule has 0 bridgehead atoms. The normalized spacial score (nSPS) is 19.1. The van der Waals surface area contributed by atoms with Crippen molar-refractivity contribution in [1.82, 2.24) is 5.32 Å². The van der Waals surface area contributed by atoms with Crippen molar-refractivity contribution in [1.29, 1.82) is 0 Å². The van der Waals surface area contributed by atoms with Crippen molar-refractivity contribution in [3.05, 3.63) is 0 Å². The minimum Gasteiger partial charge on any atom is -0.355 e. The fraction of sp³-hybridized carbons (Fsp3) is 0.889. The standard InChI is InChI=1S/C9H16ClNO/c10-6-7-11-9(12)8-4-2-1-3-5-8/h8H,1-7H2,(H,11,12). The third-order valence-corrected chi connectivity index (χ3v) is 2.56. The molecule has 0 spiro atoms. The van der Waals surface area contributed by atoms with E-state index in [9.17, 15) is 4.79 Å². The molecule has 0 radical (unpaired) electrons. The predicted octanol–water partition coefficient (Wildman–Crippen LogP) is 1.92. The summed E-state index contributed by atoms with van der Waals surface area (Å²) in [5.41, 5.74) is 0. The molecule has 0 aromatic heterocycles. The fourth-order valence-electron chi connectivity index (χ4n) is 1.68. The van der Waals surface area contributed by atoms with Crippen LogP contribution in [-0.4, -0.2) is 18.3 Å². The Balaban J connectivity index is 2.20. The van der Waals surface area contributed by atoms with Gasteiger partial charge in [-0.3, -0.25) is 4.79 Å². The molecule has 1 fully saturated rings. The van der Waals surface area contributed by atoms with Crippen LogP contribution in [0.4, 0.5) is 0 Å². The van der Waals surface area contributed by atoms with Crippen LogP contribution < -0.4 is 5.32 Å². The molecule has 0 atom stereocenters. The lowest BCUT2D eigenvalue weighted by molar-refractivity contribution is -0.125. The highest BCUT2D eigenvalue weighted by Gasteiger charge is 2.19. The van der Waals surface area contributed by atoms with Gasteiger partial charge in [-0.1, -0.05) is 19.3 Å². The number of amides is 1. The Morgan fingerprint density at radius 2 is 2.00 bits per heavy atom. The fourth-order valence-corrected chi connectivity index (χ4v) is 1.77. The van der Waals surface area contributed by atoms with E-state index >= 15 is 0 Å². The first kappa shape index (κ1) is 9.85. The van der Waals surface area contributed by atoms with Crippen molar-refractivity contribution in [2.75, 3.05) is 12.4 Å². The van der Waals surface area contributed by atoms with Gasteiger partial charge in [-0.2, -0.15) is 0 Å². The topological polar surface area (TPSA) is 29.1 Å². The highest BCUT2D eigenvalue weighted by molar-refractivity contribution is 6.18. The molecule has 12 heavy (non-hydrogen) atoms. The van der Waals surface area contributed by atoms with Crippen LogP contribution in [0.5, 0.6) is 0 Å². The average Bonchev–Trinajstić information content (AvgIpc) is 2.15. The van der Waals surface area contributed by atoms with Gasteiger partial charge < -0.3 is 5.32 Å². The van der Waals surface area contributed by atoms with Crippen LogP contribution >= 0.6 is 11.6 Å². The van der Waals surface area contributed by atoms with Crippen molar-refractivity contribution in [3.8, 4) is 0 Å². The Labute approximate surface area is 78.7 Å². The highest BCUT2D eigenvalue weighted by Crippen LogP contribution is 2.23. The molecule has 1 aliphatic carbocycles. The molecule has 0 saturated heterocycles. The lowest BCUT2D eigenvalue weighted by Gasteiger charge is -2.20. The first-order chi connectivity index (χ1) is 5.84. The molecule has 1 N–H and O–H groups in total. The van der Waals surface area contributed by atoms with E-state index in [1.807, 2.05) is 0 Å². The number of carbonyl (C=O) groups excluding carboxylic acids is 1. The zero-order chi connectivity index (χ0) is 8.81. The van der Waals surface area contributed by atoms with Gasteiger partial charge >= 0.3 is 0 Å². The summed E-state index contributed by atoms with van der Waals surface area (Å²) < 4.78 is 0. The molecule has 1 saturated carbocycles. The number of carbonyl (C=O) groups is 1. The second-order valence-electron chi connectivity index (χ2n) is 3.31. The summed E-state index contributed by atoms with van der Waals surface area (Å²) >= 11 is 5.47. The van der Waals surface area contributed by atoms with Gasteiger partial charge in [0.05, 0.1) is 0 Å². The maximum absolute atomic E-state index is 11.4. The molecule has 0 heterocycles. The third-order valence-electron chi connectivity index (χ3n) is 2.37. The molecular weight excluding hydrogens is 174 g/mol. The minimum atomic E-state index is 0.204. The SMILES string of the molecule is O=C(NCCCl)C1CCCCC1. The zero-order valence-electron chi connectivity index (χ0n) is 7.31. The van der Waals surface area contributed by atoms with Crippen molar-refractivity contribution in [3.63, 3.8) is 0 Å². The second-order valence-corrected chi connectivity index (χ2v) is 3.69. The Hall–Kier alpha value is -0.240. The van der Waals surface area contributed by atoms with Gasteiger partial charge in [-0.05, 0) is 12.8 Å². The van der Waals surface area contributed by atoms with Crippen molar-refractivity contribution >= 4 is 17.5 Å². The van der Waals surface area contributed by atoms with E-state index in [-0.39, 0.29) is 11.8 Å². The molecule has 1 rings (SSSR count). The Bertz CT molecular complexity index is 143. The molecule has 0 aromatic rings. The van der Waals surface area contributed by atoms with Gasteiger partial charge in [-0.25, -0.2) is 0 Å². The van der Waals surface area contributed by atoms with Gasteiger partial charge in [-0.15, -0.1) is 11.6 Å². The van der Waals surface area contributed by atoms with E-state index < -0.39 is 0 Å². The Kier molecular flexibility index (Phi) is 4.44. The molecule has 70 valence electrons. The lowest BCUT2D eigenvalue weighted by Crippen LogP contribution is -2.33. The summed E-state index contributed by atoms with van der Waals surface area (Å²) in [7, 11) is 0. The smallest absolute Gasteiger partial charge is 0.223 e.